The summed E-state index contributed by atoms with van der Waals surface area (Å²) in [4.78, 5) is 0. The standard InChI is InChI=1S/C55H34O2S/c1-3-13-35-33(11-1)49(31-19-22-43-39(29-31)52-45(56-43)24-21-42-51(52)37-15-5-7-17-41(37)55(42)27-9-10-28-55)34-12-2-4-14-36(34)50(35)32-20-23-44-40(30-32)53-46(57-44)25-26-48-54(53)38-16-6-8-18-47(38)58-48/h1-8,11-26,29-30H,9-10,27-28H2. The quantitative estimate of drug-likeness (QED) is 0.164. The van der Waals surface area contributed by atoms with Crippen molar-refractivity contribution in [2.45, 2.75) is 31.1 Å². The van der Waals surface area contributed by atoms with Gasteiger partial charge in [-0.2, -0.15) is 0 Å². The Morgan fingerprint density at radius 3 is 1.59 bits per heavy atom. The average molecular weight is 759 g/mol. The number of thiophene rings is 1. The Balaban J connectivity index is 1.03. The summed E-state index contributed by atoms with van der Waals surface area (Å²) in [5.41, 5.74) is 14.5. The van der Waals surface area contributed by atoms with Crippen LogP contribution >= 0.6 is 11.3 Å². The number of benzene rings is 9. The van der Waals surface area contributed by atoms with Crippen LogP contribution in [0.25, 0.3) is 119 Å². The molecule has 58 heavy (non-hydrogen) atoms. The number of fused-ring (bicyclic) bond motifs is 18. The Morgan fingerprint density at radius 1 is 0.379 bits per heavy atom. The van der Waals surface area contributed by atoms with Crippen molar-refractivity contribution in [3.05, 3.63) is 169 Å². The van der Waals surface area contributed by atoms with Crippen LogP contribution in [-0.2, 0) is 5.41 Å². The van der Waals surface area contributed by atoms with E-state index in [1.54, 1.807) is 0 Å². The molecule has 2 aliphatic carbocycles. The SMILES string of the molecule is c1ccc2c(c1)-c1c(ccc3oc4ccc(-c5c6ccccc6c(-c6ccc7oc8ccc9sc%10ccccc%10c9c8c7c6)c6ccccc56)cc4c13)C21CCCC1. The van der Waals surface area contributed by atoms with Crippen molar-refractivity contribution in [3.63, 3.8) is 0 Å². The van der Waals surface area contributed by atoms with Gasteiger partial charge in [-0.15, -0.1) is 11.3 Å². The van der Waals surface area contributed by atoms with E-state index in [0.29, 0.717) is 0 Å². The van der Waals surface area contributed by atoms with E-state index in [-0.39, 0.29) is 5.41 Å². The highest BCUT2D eigenvalue weighted by Crippen LogP contribution is 2.59. The molecule has 9 aromatic carbocycles. The molecule has 3 aromatic heterocycles. The summed E-state index contributed by atoms with van der Waals surface area (Å²) in [5, 5.41) is 12.3. The highest BCUT2D eigenvalue weighted by atomic mass is 32.1. The molecule has 2 nitrogen and oxygen atoms in total. The Morgan fingerprint density at radius 2 is 0.914 bits per heavy atom. The molecule has 3 heteroatoms. The molecule has 3 heterocycles. The maximum absolute atomic E-state index is 6.68. The second-order valence-corrected chi connectivity index (χ2v) is 17.7. The molecule has 272 valence electrons. The molecular weight excluding hydrogens is 725 g/mol. The molecule has 12 aromatic rings. The van der Waals surface area contributed by atoms with Crippen molar-refractivity contribution in [1.82, 2.24) is 0 Å². The zero-order valence-electron chi connectivity index (χ0n) is 31.6. The Kier molecular flexibility index (Phi) is 6.09. The van der Waals surface area contributed by atoms with Crippen LogP contribution in [-0.4, -0.2) is 0 Å². The molecule has 14 rings (SSSR count). The molecule has 0 bridgehead atoms. The monoisotopic (exact) mass is 758 g/mol. The van der Waals surface area contributed by atoms with Gasteiger partial charge in [0.25, 0.3) is 0 Å². The van der Waals surface area contributed by atoms with Gasteiger partial charge in [0.1, 0.15) is 22.3 Å². The van der Waals surface area contributed by atoms with Crippen molar-refractivity contribution in [3.8, 4) is 33.4 Å². The molecule has 0 amide bonds. The predicted molar refractivity (Wildman–Crippen MR) is 244 cm³/mol. The third-order valence-electron chi connectivity index (χ3n) is 13.8. The van der Waals surface area contributed by atoms with Gasteiger partial charge in [0, 0.05) is 47.1 Å². The van der Waals surface area contributed by atoms with Crippen LogP contribution in [0, 0.1) is 0 Å². The van der Waals surface area contributed by atoms with E-state index < -0.39 is 0 Å². The smallest absolute Gasteiger partial charge is 0.136 e. The van der Waals surface area contributed by atoms with Gasteiger partial charge in [-0.25, -0.2) is 0 Å². The van der Waals surface area contributed by atoms with Gasteiger partial charge in [0.05, 0.1) is 0 Å². The van der Waals surface area contributed by atoms with Gasteiger partial charge in [-0.3, -0.25) is 0 Å². The van der Waals surface area contributed by atoms with Crippen LogP contribution in [0.4, 0.5) is 0 Å². The highest BCUT2D eigenvalue weighted by molar-refractivity contribution is 7.26. The summed E-state index contributed by atoms with van der Waals surface area (Å²) < 4.78 is 15.8. The maximum atomic E-state index is 6.68. The van der Waals surface area contributed by atoms with Gasteiger partial charge in [-0.05, 0) is 127 Å². The number of hydrogen-bond acceptors (Lipinski definition) is 3. The predicted octanol–water partition coefficient (Wildman–Crippen LogP) is 16.3. The zero-order chi connectivity index (χ0) is 37.7. The lowest BCUT2D eigenvalue weighted by molar-refractivity contribution is 0.550. The van der Waals surface area contributed by atoms with Gasteiger partial charge >= 0.3 is 0 Å². The van der Waals surface area contributed by atoms with Crippen molar-refractivity contribution in [2.24, 2.45) is 0 Å². The third-order valence-corrected chi connectivity index (χ3v) is 14.9. The van der Waals surface area contributed by atoms with Gasteiger partial charge in [0.2, 0.25) is 0 Å². The van der Waals surface area contributed by atoms with Crippen LogP contribution in [0.3, 0.4) is 0 Å². The molecule has 0 saturated heterocycles. The lowest BCUT2D eigenvalue weighted by atomic mass is 9.76. The van der Waals surface area contributed by atoms with Crippen molar-refractivity contribution in [2.75, 3.05) is 0 Å². The van der Waals surface area contributed by atoms with Crippen LogP contribution in [0.15, 0.2) is 167 Å². The van der Waals surface area contributed by atoms with Gasteiger partial charge < -0.3 is 8.83 Å². The fourth-order valence-electron chi connectivity index (χ4n) is 11.5. The van der Waals surface area contributed by atoms with E-state index in [2.05, 4.69) is 158 Å². The minimum absolute atomic E-state index is 0.110. The second kappa shape index (κ2) is 11.2. The summed E-state index contributed by atoms with van der Waals surface area (Å²) in [6.45, 7) is 0. The van der Waals surface area contributed by atoms with E-state index in [0.717, 1.165) is 27.7 Å². The van der Waals surface area contributed by atoms with Crippen LogP contribution in [0.1, 0.15) is 36.8 Å². The van der Waals surface area contributed by atoms with E-state index in [9.17, 15) is 0 Å². The van der Waals surface area contributed by atoms with E-state index in [4.69, 9.17) is 8.83 Å². The minimum Gasteiger partial charge on any atom is -0.456 e. The molecule has 0 radical (unpaired) electrons. The Hall–Kier alpha value is -6.68. The number of hydrogen-bond donors (Lipinski definition) is 0. The Labute approximate surface area is 337 Å². The fourth-order valence-corrected chi connectivity index (χ4v) is 12.6. The molecule has 1 spiro atoms. The highest BCUT2D eigenvalue weighted by Gasteiger charge is 2.45. The van der Waals surface area contributed by atoms with Crippen molar-refractivity contribution >= 4 is 96.9 Å². The van der Waals surface area contributed by atoms with Crippen LogP contribution in [0.5, 0.6) is 0 Å². The van der Waals surface area contributed by atoms with Gasteiger partial charge in [-0.1, -0.05) is 122 Å². The Bertz CT molecular complexity index is 3700. The largest absolute Gasteiger partial charge is 0.456 e. The molecule has 0 atom stereocenters. The minimum atomic E-state index is 0.110. The summed E-state index contributed by atoms with van der Waals surface area (Å²) >= 11 is 1.85. The molecule has 0 aliphatic heterocycles. The molecule has 0 N–H and O–H groups in total. The summed E-state index contributed by atoms with van der Waals surface area (Å²) in [6, 6.07) is 58.5. The van der Waals surface area contributed by atoms with Crippen molar-refractivity contribution < 1.29 is 8.83 Å². The van der Waals surface area contributed by atoms with E-state index >= 15 is 0 Å². The molecule has 2 aliphatic rings. The molecule has 0 unspecified atom stereocenters. The molecule has 1 fully saturated rings. The first-order valence-corrected chi connectivity index (χ1v) is 21.4. The van der Waals surface area contributed by atoms with E-state index in [1.165, 1.54) is 128 Å². The zero-order valence-corrected chi connectivity index (χ0v) is 32.4. The van der Waals surface area contributed by atoms with Crippen molar-refractivity contribution in [1.29, 1.82) is 0 Å². The molecule has 1 saturated carbocycles. The van der Waals surface area contributed by atoms with Gasteiger partial charge in [0.15, 0.2) is 0 Å². The third kappa shape index (κ3) is 3.97. The summed E-state index contributed by atoms with van der Waals surface area (Å²) in [5.74, 6) is 0. The molecular formula is C55H34O2S. The second-order valence-electron chi connectivity index (χ2n) is 16.6. The number of rotatable bonds is 2. The number of furan rings is 2. The first-order chi connectivity index (χ1) is 28.7. The first kappa shape index (κ1) is 31.4. The topological polar surface area (TPSA) is 26.3 Å². The summed E-state index contributed by atoms with van der Waals surface area (Å²) in [7, 11) is 0. The van der Waals surface area contributed by atoms with Crippen LogP contribution in [0.2, 0.25) is 0 Å². The fraction of sp³-hybridized carbons (Fsp3) is 0.0909. The average Bonchev–Trinajstić information content (AvgIpc) is 4.11. The van der Waals surface area contributed by atoms with Crippen LogP contribution < -0.4 is 0 Å². The first-order valence-electron chi connectivity index (χ1n) is 20.5. The lowest BCUT2D eigenvalue weighted by Crippen LogP contribution is -2.20. The lowest BCUT2D eigenvalue weighted by Gasteiger charge is -2.26. The summed E-state index contributed by atoms with van der Waals surface area (Å²) in [6.07, 6.45) is 4.99. The van der Waals surface area contributed by atoms with E-state index in [1.807, 2.05) is 11.3 Å². The maximum Gasteiger partial charge on any atom is 0.136 e. The normalized spacial score (nSPS) is 14.8.